The van der Waals surface area contributed by atoms with E-state index < -0.39 is 6.15 Å². The van der Waals surface area contributed by atoms with E-state index in [4.69, 9.17) is 0 Å². The SMILES string of the molecule is CCCC[B-](c1ccccc1)(c1ccccc1)c1ccccc1.Cc1ccc([N+](C)(C)Cc2ccc(C(=O)c3ccccc3)cc2)cc1. The molecule has 0 heterocycles. The predicted octanol–water partition coefficient (Wildman–Crippen LogP) is 8.95. The Kier molecular flexibility index (Phi) is 11.6. The number of hydrogen-bond donors (Lipinski definition) is 0. The fourth-order valence-corrected chi connectivity index (χ4v) is 6.95. The summed E-state index contributed by atoms with van der Waals surface area (Å²) in [6.07, 6.45) is 2.73. The van der Waals surface area contributed by atoms with E-state index in [1.54, 1.807) is 0 Å². The van der Waals surface area contributed by atoms with Gasteiger partial charge >= 0.3 is 0 Å². The number of carbonyl (C=O) groups excluding carboxylic acids is 1. The highest BCUT2D eigenvalue weighted by atomic mass is 16.1. The van der Waals surface area contributed by atoms with Crippen LogP contribution >= 0.6 is 0 Å². The van der Waals surface area contributed by atoms with Gasteiger partial charge in [0.25, 0.3) is 0 Å². The van der Waals surface area contributed by atoms with Crippen LogP contribution in [0, 0.1) is 6.92 Å². The van der Waals surface area contributed by atoms with Gasteiger partial charge in [-0.25, -0.2) is 0 Å². The molecule has 0 atom stereocenters. The van der Waals surface area contributed by atoms with Crippen molar-refractivity contribution < 1.29 is 4.79 Å². The molecule has 0 spiro atoms. The van der Waals surface area contributed by atoms with Crippen LogP contribution in [0.5, 0.6) is 0 Å². The van der Waals surface area contributed by atoms with Crippen LogP contribution in [0.1, 0.15) is 46.8 Å². The topological polar surface area (TPSA) is 17.1 Å². The summed E-state index contributed by atoms with van der Waals surface area (Å²) < 4.78 is 0.770. The second kappa shape index (κ2) is 16.2. The maximum Gasteiger partial charge on any atom is 0.193 e. The van der Waals surface area contributed by atoms with Crippen LogP contribution in [0.2, 0.25) is 6.32 Å². The molecule has 0 unspecified atom stereocenters. The minimum atomic E-state index is -0.913. The molecule has 0 bridgehead atoms. The summed E-state index contributed by atoms with van der Waals surface area (Å²) in [5.41, 5.74) is 9.55. The second-order valence-corrected chi connectivity index (χ2v) is 13.5. The Morgan fingerprint density at radius 2 is 0.958 bits per heavy atom. The molecular weight excluding hydrogens is 581 g/mol. The van der Waals surface area contributed by atoms with E-state index in [1.165, 1.54) is 52.4 Å². The first kappa shape index (κ1) is 34.4. The highest BCUT2D eigenvalue weighted by Gasteiger charge is 2.29. The van der Waals surface area contributed by atoms with Gasteiger partial charge in [-0.1, -0.05) is 183 Å². The predicted molar refractivity (Wildman–Crippen MR) is 209 cm³/mol. The van der Waals surface area contributed by atoms with Gasteiger partial charge in [-0.2, -0.15) is 22.7 Å². The van der Waals surface area contributed by atoms with E-state index in [1.807, 2.05) is 42.5 Å². The van der Waals surface area contributed by atoms with Crippen molar-refractivity contribution >= 4 is 34.0 Å². The zero-order chi connectivity index (χ0) is 33.8. The van der Waals surface area contributed by atoms with E-state index in [0.29, 0.717) is 0 Å². The summed E-state index contributed by atoms with van der Waals surface area (Å²) in [4.78, 5) is 12.5. The first-order chi connectivity index (χ1) is 23.3. The molecule has 2 nitrogen and oxygen atoms in total. The van der Waals surface area contributed by atoms with Gasteiger partial charge in [-0.15, -0.1) is 0 Å². The smallest absolute Gasteiger partial charge is 0.193 e. The number of nitrogens with zero attached hydrogens (tertiary/aromatic N) is 1. The number of ketones is 1. The lowest BCUT2D eigenvalue weighted by Gasteiger charge is -2.43. The minimum absolute atomic E-state index is 0.0689. The molecule has 0 aliphatic rings. The fraction of sp³-hybridized carbons (Fsp3) is 0.178. The third-order valence-electron chi connectivity index (χ3n) is 9.66. The van der Waals surface area contributed by atoms with Crippen molar-refractivity contribution in [3.05, 3.63) is 192 Å². The Morgan fingerprint density at radius 1 is 0.542 bits per heavy atom. The molecule has 0 radical (unpaired) electrons. The maximum atomic E-state index is 12.5. The van der Waals surface area contributed by atoms with Crippen LogP contribution in [0.3, 0.4) is 0 Å². The van der Waals surface area contributed by atoms with Crippen LogP contribution < -0.4 is 20.9 Å². The summed E-state index contributed by atoms with van der Waals surface area (Å²) >= 11 is 0. The normalized spacial score (nSPS) is 11.3. The van der Waals surface area contributed by atoms with Gasteiger partial charge in [0.1, 0.15) is 12.2 Å². The monoisotopic (exact) mass is 629 g/mol. The highest BCUT2D eigenvalue weighted by Crippen LogP contribution is 2.23. The van der Waals surface area contributed by atoms with E-state index in [0.717, 1.165) is 22.2 Å². The molecule has 0 N–H and O–H groups in total. The Morgan fingerprint density at radius 3 is 1.40 bits per heavy atom. The van der Waals surface area contributed by atoms with E-state index in [-0.39, 0.29) is 5.78 Å². The molecular formula is C45H48BNO. The molecule has 0 fully saturated rings. The second-order valence-electron chi connectivity index (χ2n) is 13.5. The zero-order valence-electron chi connectivity index (χ0n) is 28.9. The average Bonchev–Trinajstić information content (AvgIpc) is 3.14. The molecule has 6 aromatic rings. The maximum absolute atomic E-state index is 12.5. The van der Waals surface area contributed by atoms with Gasteiger partial charge in [0, 0.05) is 16.7 Å². The molecule has 6 rings (SSSR count). The molecule has 0 aromatic heterocycles. The molecule has 0 saturated heterocycles. The van der Waals surface area contributed by atoms with Crippen LogP contribution in [-0.4, -0.2) is 26.0 Å². The largest absolute Gasteiger partial charge is 0.292 e. The Hall–Kier alpha value is -4.99. The van der Waals surface area contributed by atoms with Crippen molar-refractivity contribution in [2.24, 2.45) is 0 Å². The molecule has 0 saturated carbocycles. The number of hydrogen-bond acceptors (Lipinski definition) is 1. The van der Waals surface area contributed by atoms with Crippen LogP contribution in [0.4, 0.5) is 5.69 Å². The lowest BCUT2D eigenvalue weighted by atomic mass is 9.14. The Balaban J connectivity index is 0.000000188. The first-order valence-corrected chi connectivity index (χ1v) is 17.3. The van der Waals surface area contributed by atoms with Crippen LogP contribution in [-0.2, 0) is 6.54 Å². The molecule has 0 aliphatic heterocycles. The number of quaternary nitrogens is 1. The van der Waals surface area contributed by atoms with Gasteiger partial charge in [-0.3, -0.25) is 9.28 Å². The lowest BCUT2D eigenvalue weighted by Crippen LogP contribution is -2.66. The van der Waals surface area contributed by atoms with E-state index in [2.05, 4.69) is 155 Å². The first-order valence-electron chi connectivity index (χ1n) is 17.3. The molecule has 3 heteroatoms. The van der Waals surface area contributed by atoms with Gasteiger partial charge in [0.15, 0.2) is 5.78 Å². The standard InChI is InChI=1S/C23H24NO.C22H24B/c1-18-9-15-22(16-10-18)24(2,3)17-19-11-13-21(14-12-19)23(25)20-7-5-4-6-8-20;1-2-3-19-23(20-13-7-4-8-14-20,21-15-9-5-10-16-21)22-17-11-6-12-18-22/h4-16H,17H2,1-3H3;4-18H,2-3,19H2,1H3/q+1;-1. The number of benzene rings is 6. The van der Waals surface area contributed by atoms with Crippen molar-refractivity contribution in [2.75, 3.05) is 14.1 Å². The summed E-state index contributed by atoms with van der Waals surface area (Å²) in [6, 6.07) is 59.2. The molecule has 242 valence electrons. The van der Waals surface area contributed by atoms with Crippen molar-refractivity contribution in [1.29, 1.82) is 0 Å². The summed E-state index contributed by atoms with van der Waals surface area (Å²) in [5.74, 6) is 0.0689. The fourth-order valence-electron chi connectivity index (χ4n) is 6.95. The average molecular weight is 630 g/mol. The molecule has 0 aliphatic carbocycles. The van der Waals surface area contributed by atoms with E-state index in [9.17, 15) is 4.79 Å². The molecule has 0 amide bonds. The number of aryl methyl sites for hydroxylation is 1. The van der Waals surface area contributed by atoms with Crippen molar-refractivity contribution in [3.8, 4) is 0 Å². The molecule has 48 heavy (non-hydrogen) atoms. The Labute approximate surface area is 288 Å². The van der Waals surface area contributed by atoms with E-state index >= 15 is 0 Å². The lowest BCUT2D eigenvalue weighted by molar-refractivity contribution is 0.103. The van der Waals surface area contributed by atoms with Crippen molar-refractivity contribution in [2.45, 2.75) is 39.6 Å². The Bertz CT molecular complexity index is 1740. The van der Waals surface area contributed by atoms with Crippen LogP contribution in [0.25, 0.3) is 0 Å². The van der Waals surface area contributed by atoms with Gasteiger partial charge in [0.2, 0.25) is 0 Å². The molecule has 6 aromatic carbocycles. The van der Waals surface area contributed by atoms with Gasteiger partial charge < -0.3 is 0 Å². The van der Waals surface area contributed by atoms with Crippen molar-refractivity contribution in [1.82, 2.24) is 4.48 Å². The number of rotatable bonds is 11. The number of unbranched alkanes of at least 4 members (excludes halogenated alkanes) is 1. The van der Waals surface area contributed by atoms with Crippen molar-refractivity contribution in [3.63, 3.8) is 0 Å². The quantitative estimate of drug-likeness (QED) is 0.0795. The summed E-state index contributed by atoms with van der Waals surface area (Å²) in [7, 11) is 4.40. The van der Waals surface area contributed by atoms with Crippen LogP contribution in [0.15, 0.2) is 170 Å². The minimum Gasteiger partial charge on any atom is -0.292 e. The summed E-state index contributed by atoms with van der Waals surface area (Å²) in [6.45, 7) is 5.26. The highest BCUT2D eigenvalue weighted by molar-refractivity contribution is 7.11. The number of carbonyl (C=O) groups is 1. The third-order valence-corrected chi connectivity index (χ3v) is 9.66. The zero-order valence-corrected chi connectivity index (χ0v) is 28.9. The van der Waals surface area contributed by atoms with Gasteiger partial charge in [-0.05, 0) is 19.1 Å². The van der Waals surface area contributed by atoms with Gasteiger partial charge in [0.05, 0.1) is 20.2 Å². The summed E-state index contributed by atoms with van der Waals surface area (Å²) in [5, 5.41) is 0. The third kappa shape index (κ3) is 8.29.